The number of fused-ring (bicyclic) bond motifs is 1. The van der Waals surface area contributed by atoms with E-state index in [1.165, 1.54) is 4.57 Å². The predicted octanol–water partition coefficient (Wildman–Crippen LogP) is 1.52. The number of hydrogen-bond donors (Lipinski definition) is 1. The third-order valence-corrected chi connectivity index (χ3v) is 2.17. The summed E-state index contributed by atoms with van der Waals surface area (Å²) in [6.45, 7) is 0. The standard InChI is InChI=1S/C8H7ClN2O/c1-11-7-5(9)3-2-4-6(7)10-8(11)12/h2-4H,1H3,(H,10,12). The molecule has 0 spiro atoms. The highest BCUT2D eigenvalue weighted by Gasteiger charge is 2.04. The zero-order valence-corrected chi connectivity index (χ0v) is 7.22. The van der Waals surface area contributed by atoms with Crippen LogP contribution in [0, 0.1) is 0 Å². The minimum Gasteiger partial charge on any atom is -0.305 e. The lowest BCUT2D eigenvalue weighted by Gasteiger charge is -1.94. The molecule has 0 radical (unpaired) electrons. The Bertz CT molecular complexity index is 483. The van der Waals surface area contributed by atoms with Gasteiger partial charge in [-0.1, -0.05) is 17.7 Å². The number of hydrogen-bond acceptors (Lipinski definition) is 1. The van der Waals surface area contributed by atoms with E-state index < -0.39 is 0 Å². The Labute approximate surface area is 73.6 Å². The summed E-state index contributed by atoms with van der Waals surface area (Å²) in [6, 6.07) is 5.39. The first-order valence-corrected chi connectivity index (χ1v) is 3.91. The van der Waals surface area contributed by atoms with Gasteiger partial charge in [0, 0.05) is 7.05 Å². The van der Waals surface area contributed by atoms with Crippen molar-refractivity contribution < 1.29 is 0 Å². The largest absolute Gasteiger partial charge is 0.326 e. The zero-order valence-electron chi connectivity index (χ0n) is 6.47. The number of aromatic amines is 1. The smallest absolute Gasteiger partial charge is 0.305 e. The van der Waals surface area contributed by atoms with E-state index in [9.17, 15) is 4.79 Å². The van der Waals surface area contributed by atoms with E-state index in [-0.39, 0.29) is 5.69 Å². The summed E-state index contributed by atoms with van der Waals surface area (Å²) >= 11 is 5.90. The molecule has 0 saturated carbocycles. The van der Waals surface area contributed by atoms with Crippen molar-refractivity contribution in [3.05, 3.63) is 33.7 Å². The van der Waals surface area contributed by atoms with Gasteiger partial charge < -0.3 is 4.98 Å². The van der Waals surface area contributed by atoms with Crippen molar-refractivity contribution in [1.82, 2.24) is 9.55 Å². The number of para-hydroxylation sites is 1. The van der Waals surface area contributed by atoms with Crippen molar-refractivity contribution in [2.75, 3.05) is 0 Å². The molecule has 4 heteroatoms. The highest BCUT2D eigenvalue weighted by Crippen LogP contribution is 2.19. The van der Waals surface area contributed by atoms with Crippen LogP contribution in [0.4, 0.5) is 0 Å². The van der Waals surface area contributed by atoms with E-state index in [4.69, 9.17) is 11.6 Å². The lowest BCUT2D eigenvalue weighted by atomic mass is 10.3. The van der Waals surface area contributed by atoms with E-state index in [0.717, 1.165) is 11.0 Å². The number of halogens is 1. The topological polar surface area (TPSA) is 37.8 Å². The normalized spacial score (nSPS) is 10.8. The van der Waals surface area contributed by atoms with Crippen LogP contribution < -0.4 is 5.69 Å². The van der Waals surface area contributed by atoms with Crippen molar-refractivity contribution in [1.29, 1.82) is 0 Å². The highest BCUT2D eigenvalue weighted by molar-refractivity contribution is 6.34. The number of H-pyrrole nitrogens is 1. The van der Waals surface area contributed by atoms with Gasteiger partial charge >= 0.3 is 5.69 Å². The molecule has 2 aromatic rings. The average molecular weight is 183 g/mol. The van der Waals surface area contributed by atoms with E-state index >= 15 is 0 Å². The van der Waals surface area contributed by atoms with Gasteiger partial charge in [0.2, 0.25) is 0 Å². The lowest BCUT2D eigenvalue weighted by molar-refractivity contribution is 0.892. The summed E-state index contributed by atoms with van der Waals surface area (Å²) in [5.74, 6) is 0. The Morgan fingerprint density at radius 3 is 2.92 bits per heavy atom. The number of rotatable bonds is 0. The van der Waals surface area contributed by atoms with Crippen molar-refractivity contribution in [3.8, 4) is 0 Å². The van der Waals surface area contributed by atoms with Gasteiger partial charge in [-0.05, 0) is 12.1 Å². The van der Waals surface area contributed by atoms with Gasteiger partial charge in [-0.25, -0.2) is 4.79 Å². The molecule has 0 aliphatic rings. The Kier molecular flexibility index (Phi) is 1.48. The first kappa shape index (κ1) is 7.43. The molecule has 62 valence electrons. The molecule has 0 bridgehead atoms. The van der Waals surface area contributed by atoms with E-state index in [1.54, 1.807) is 19.2 Å². The Morgan fingerprint density at radius 2 is 2.25 bits per heavy atom. The van der Waals surface area contributed by atoms with Crippen LogP contribution in [0.2, 0.25) is 5.02 Å². The number of aryl methyl sites for hydroxylation is 1. The number of nitrogens with zero attached hydrogens (tertiary/aromatic N) is 1. The van der Waals surface area contributed by atoms with Crippen LogP contribution in [0.15, 0.2) is 23.0 Å². The molecular formula is C8H7ClN2O. The molecule has 1 aromatic heterocycles. The van der Waals surface area contributed by atoms with Crippen molar-refractivity contribution in [2.45, 2.75) is 0 Å². The molecule has 1 heterocycles. The monoisotopic (exact) mass is 182 g/mol. The summed E-state index contributed by atoms with van der Waals surface area (Å²) in [6.07, 6.45) is 0. The fraction of sp³-hybridized carbons (Fsp3) is 0.125. The lowest BCUT2D eigenvalue weighted by Crippen LogP contribution is -2.11. The van der Waals surface area contributed by atoms with Crippen LogP contribution in [-0.2, 0) is 7.05 Å². The molecular weight excluding hydrogens is 176 g/mol. The van der Waals surface area contributed by atoms with Crippen molar-refractivity contribution in [3.63, 3.8) is 0 Å². The summed E-state index contributed by atoms with van der Waals surface area (Å²) in [5, 5.41) is 0.591. The second kappa shape index (κ2) is 2.38. The third kappa shape index (κ3) is 0.865. The van der Waals surface area contributed by atoms with Crippen LogP contribution in [0.5, 0.6) is 0 Å². The molecule has 0 atom stereocenters. The molecule has 0 amide bonds. The molecule has 2 rings (SSSR count). The summed E-state index contributed by atoms with van der Waals surface area (Å²) in [4.78, 5) is 13.8. The fourth-order valence-electron chi connectivity index (χ4n) is 1.26. The van der Waals surface area contributed by atoms with Gasteiger partial charge in [-0.15, -0.1) is 0 Å². The molecule has 0 unspecified atom stereocenters. The van der Waals surface area contributed by atoms with Gasteiger partial charge in [-0.2, -0.15) is 0 Å². The molecule has 0 saturated heterocycles. The summed E-state index contributed by atoms with van der Waals surface area (Å²) in [5.41, 5.74) is 1.39. The van der Waals surface area contributed by atoms with E-state index in [0.29, 0.717) is 5.02 Å². The van der Waals surface area contributed by atoms with Gasteiger partial charge in [-0.3, -0.25) is 4.57 Å². The van der Waals surface area contributed by atoms with Gasteiger partial charge in [0.25, 0.3) is 0 Å². The average Bonchev–Trinajstić information content (AvgIpc) is 2.29. The van der Waals surface area contributed by atoms with Crippen LogP contribution in [0.1, 0.15) is 0 Å². The van der Waals surface area contributed by atoms with Crippen LogP contribution in [-0.4, -0.2) is 9.55 Å². The SMILES string of the molecule is Cn1c(=O)[nH]c2cccc(Cl)c21. The highest BCUT2D eigenvalue weighted by atomic mass is 35.5. The van der Waals surface area contributed by atoms with Gasteiger partial charge in [0.1, 0.15) is 0 Å². The molecule has 3 nitrogen and oxygen atoms in total. The number of imidazole rings is 1. The van der Waals surface area contributed by atoms with Crippen LogP contribution in [0.3, 0.4) is 0 Å². The van der Waals surface area contributed by atoms with Crippen molar-refractivity contribution >= 4 is 22.6 Å². The van der Waals surface area contributed by atoms with E-state index in [1.807, 2.05) is 6.07 Å². The van der Waals surface area contributed by atoms with Crippen LogP contribution >= 0.6 is 11.6 Å². The molecule has 0 aliphatic carbocycles. The van der Waals surface area contributed by atoms with Gasteiger partial charge in [0.15, 0.2) is 0 Å². The van der Waals surface area contributed by atoms with Crippen molar-refractivity contribution in [2.24, 2.45) is 7.05 Å². The maximum atomic E-state index is 11.1. The van der Waals surface area contributed by atoms with E-state index in [2.05, 4.69) is 4.98 Å². The molecule has 0 aliphatic heterocycles. The minimum atomic E-state index is -0.141. The number of aromatic nitrogens is 2. The minimum absolute atomic E-state index is 0.141. The maximum absolute atomic E-state index is 11.1. The second-order valence-electron chi connectivity index (χ2n) is 2.63. The molecule has 0 fully saturated rings. The van der Waals surface area contributed by atoms with Gasteiger partial charge in [0.05, 0.1) is 16.1 Å². The molecule has 1 N–H and O–H groups in total. The molecule has 12 heavy (non-hydrogen) atoms. The number of nitrogens with one attached hydrogen (secondary N) is 1. The fourth-order valence-corrected chi connectivity index (χ4v) is 1.56. The maximum Gasteiger partial charge on any atom is 0.326 e. The predicted molar refractivity (Wildman–Crippen MR) is 48.5 cm³/mol. The Hall–Kier alpha value is -1.22. The number of benzene rings is 1. The summed E-state index contributed by atoms with van der Waals surface area (Å²) < 4.78 is 1.50. The molecule has 1 aromatic carbocycles. The third-order valence-electron chi connectivity index (χ3n) is 1.87. The first-order valence-electron chi connectivity index (χ1n) is 3.53. The quantitative estimate of drug-likeness (QED) is 0.659. The van der Waals surface area contributed by atoms with Crippen LogP contribution in [0.25, 0.3) is 11.0 Å². The second-order valence-corrected chi connectivity index (χ2v) is 3.03. The Balaban J connectivity index is 3.07. The first-order chi connectivity index (χ1) is 5.70. The zero-order chi connectivity index (χ0) is 8.72. The Morgan fingerprint density at radius 1 is 1.50 bits per heavy atom. The summed E-state index contributed by atoms with van der Waals surface area (Å²) in [7, 11) is 1.69.